The molecule has 2 aromatic heterocycles. The van der Waals surface area contributed by atoms with Gasteiger partial charge in [-0.3, -0.25) is 0 Å². The SMILES string of the molecule is Cc1nc(C2CCN(c3nc4ccc(Cl)cc4o3)CC2)n(C2CCOC2)n1. The number of rotatable bonds is 3. The second-order valence-electron chi connectivity index (χ2n) is 7.35. The first kappa shape index (κ1) is 17.0. The van der Waals surface area contributed by atoms with E-state index in [4.69, 9.17) is 25.7 Å². The van der Waals surface area contributed by atoms with E-state index in [2.05, 4.69) is 19.7 Å². The highest BCUT2D eigenvalue weighted by Crippen LogP contribution is 2.33. The van der Waals surface area contributed by atoms with Gasteiger partial charge in [0.25, 0.3) is 6.01 Å². The summed E-state index contributed by atoms with van der Waals surface area (Å²) in [5.74, 6) is 2.35. The van der Waals surface area contributed by atoms with Crippen molar-refractivity contribution in [2.45, 2.75) is 38.1 Å². The molecular weight excluding hydrogens is 366 g/mol. The van der Waals surface area contributed by atoms with Crippen LogP contribution in [0.1, 0.15) is 42.9 Å². The van der Waals surface area contributed by atoms with Crippen LogP contribution in [0.15, 0.2) is 22.6 Å². The number of benzene rings is 1. The second kappa shape index (κ2) is 6.80. The predicted octanol–water partition coefficient (Wildman–Crippen LogP) is 3.73. The van der Waals surface area contributed by atoms with Gasteiger partial charge in [-0.25, -0.2) is 9.67 Å². The Morgan fingerprint density at radius 2 is 2.00 bits per heavy atom. The number of halogens is 1. The summed E-state index contributed by atoms with van der Waals surface area (Å²) in [5, 5.41) is 5.31. The fourth-order valence-corrected chi connectivity index (χ4v) is 4.22. The van der Waals surface area contributed by atoms with Crippen molar-refractivity contribution in [2.75, 3.05) is 31.2 Å². The number of anilines is 1. The molecule has 1 aromatic carbocycles. The van der Waals surface area contributed by atoms with Crippen LogP contribution < -0.4 is 4.90 Å². The van der Waals surface area contributed by atoms with Gasteiger partial charge in [-0.2, -0.15) is 10.1 Å². The third-order valence-electron chi connectivity index (χ3n) is 5.48. The van der Waals surface area contributed by atoms with Crippen molar-refractivity contribution >= 4 is 28.7 Å². The average Bonchev–Trinajstić information content (AvgIpc) is 3.40. The van der Waals surface area contributed by atoms with Gasteiger partial charge in [0.15, 0.2) is 5.58 Å². The first-order valence-electron chi connectivity index (χ1n) is 9.49. The molecule has 0 spiro atoms. The second-order valence-corrected chi connectivity index (χ2v) is 7.79. The van der Waals surface area contributed by atoms with E-state index < -0.39 is 0 Å². The molecule has 7 nitrogen and oxygen atoms in total. The molecule has 0 bridgehead atoms. The molecule has 1 unspecified atom stereocenters. The molecule has 0 amide bonds. The van der Waals surface area contributed by atoms with Crippen molar-refractivity contribution < 1.29 is 9.15 Å². The highest BCUT2D eigenvalue weighted by atomic mass is 35.5. The largest absolute Gasteiger partial charge is 0.423 e. The zero-order valence-corrected chi connectivity index (χ0v) is 16.0. The lowest BCUT2D eigenvalue weighted by atomic mass is 9.96. The van der Waals surface area contributed by atoms with Crippen LogP contribution in [0, 0.1) is 6.92 Å². The third-order valence-corrected chi connectivity index (χ3v) is 5.72. The van der Waals surface area contributed by atoms with E-state index >= 15 is 0 Å². The van der Waals surface area contributed by atoms with E-state index in [0.29, 0.717) is 23.0 Å². The number of fused-ring (bicyclic) bond motifs is 1. The van der Waals surface area contributed by atoms with Crippen LogP contribution in [0.5, 0.6) is 0 Å². The number of piperidine rings is 1. The molecular formula is C19H22ClN5O2. The smallest absolute Gasteiger partial charge is 0.298 e. The van der Waals surface area contributed by atoms with E-state index in [1.807, 2.05) is 25.1 Å². The number of nitrogens with zero attached hydrogens (tertiary/aromatic N) is 5. The maximum Gasteiger partial charge on any atom is 0.298 e. The maximum absolute atomic E-state index is 6.05. The maximum atomic E-state index is 6.05. The molecule has 2 aliphatic rings. The summed E-state index contributed by atoms with van der Waals surface area (Å²) in [6, 6.07) is 6.54. The summed E-state index contributed by atoms with van der Waals surface area (Å²) < 4.78 is 13.6. The molecule has 2 fully saturated rings. The van der Waals surface area contributed by atoms with Gasteiger partial charge in [-0.1, -0.05) is 11.6 Å². The fraction of sp³-hybridized carbons (Fsp3) is 0.526. The van der Waals surface area contributed by atoms with Crippen LogP contribution in [-0.4, -0.2) is 46.1 Å². The van der Waals surface area contributed by atoms with E-state index in [1.165, 1.54) is 0 Å². The predicted molar refractivity (Wildman–Crippen MR) is 102 cm³/mol. The molecule has 4 heterocycles. The number of hydrogen-bond acceptors (Lipinski definition) is 6. The van der Waals surface area contributed by atoms with Gasteiger partial charge >= 0.3 is 0 Å². The Bertz CT molecular complexity index is 954. The Kier molecular flexibility index (Phi) is 4.28. The lowest BCUT2D eigenvalue weighted by molar-refractivity contribution is 0.183. The minimum absolute atomic E-state index is 0.320. The summed E-state index contributed by atoms with van der Waals surface area (Å²) >= 11 is 6.05. The monoisotopic (exact) mass is 387 g/mol. The standard InChI is InChI=1S/C19H22ClN5O2/c1-12-21-18(25(23-12)15-6-9-26-11-15)13-4-7-24(8-5-13)19-22-16-3-2-14(20)10-17(16)27-19/h2-3,10,13,15H,4-9,11H2,1H3. The van der Waals surface area contributed by atoms with Gasteiger partial charge in [-0.05, 0) is 38.3 Å². The van der Waals surface area contributed by atoms with Gasteiger partial charge in [0.1, 0.15) is 17.2 Å². The molecule has 0 N–H and O–H groups in total. The van der Waals surface area contributed by atoms with Gasteiger partial charge < -0.3 is 14.1 Å². The Balaban J connectivity index is 1.32. The first-order chi connectivity index (χ1) is 13.2. The van der Waals surface area contributed by atoms with E-state index in [0.717, 1.165) is 68.3 Å². The van der Waals surface area contributed by atoms with E-state index in [1.54, 1.807) is 0 Å². The average molecular weight is 388 g/mol. The summed E-state index contributed by atoms with van der Waals surface area (Å²) in [7, 11) is 0. The highest BCUT2D eigenvalue weighted by molar-refractivity contribution is 6.31. The van der Waals surface area contributed by atoms with Gasteiger partial charge in [0.2, 0.25) is 0 Å². The Hall–Kier alpha value is -2.12. The summed E-state index contributed by atoms with van der Waals surface area (Å²) in [5.41, 5.74) is 1.57. The van der Waals surface area contributed by atoms with Crippen LogP contribution in [0.4, 0.5) is 6.01 Å². The fourth-order valence-electron chi connectivity index (χ4n) is 4.06. The topological polar surface area (TPSA) is 69.2 Å². The number of ether oxygens (including phenoxy) is 1. The van der Waals surface area contributed by atoms with Crippen molar-refractivity contribution in [3.63, 3.8) is 0 Å². The van der Waals surface area contributed by atoms with Crippen LogP contribution in [0.25, 0.3) is 11.1 Å². The summed E-state index contributed by atoms with van der Waals surface area (Å²) in [4.78, 5) is 11.6. The molecule has 8 heteroatoms. The number of oxazole rings is 1. The molecule has 0 aliphatic carbocycles. The van der Waals surface area contributed by atoms with E-state index in [9.17, 15) is 0 Å². The minimum Gasteiger partial charge on any atom is -0.423 e. The zero-order valence-electron chi connectivity index (χ0n) is 15.3. The lowest BCUT2D eigenvalue weighted by Crippen LogP contribution is -2.34. The zero-order chi connectivity index (χ0) is 18.4. The molecule has 3 aromatic rings. The number of aromatic nitrogens is 4. The summed E-state index contributed by atoms with van der Waals surface area (Å²) in [6.45, 7) is 5.29. The Morgan fingerprint density at radius 3 is 2.78 bits per heavy atom. The molecule has 1 atom stereocenters. The van der Waals surface area contributed by atoms with Gasteiger partial charge in [-0.15, -0.1) is 0 Å². The minimum atomic E-state index is 0.320. The van der Waals surface area contributed by atoms with Crippen molar-refractivity contribution in [3.05, 3.63) is 34.9 Å². The van der Waals surface area contributed by atoms with Crippen LogP contribution in [0.2, 0.25) is 5.02 Å². The van der Waals surface area contributed by atoms with Gasteiger partial charge in [0.05, 0.1) is 12.6 Å². The Morgan fingerprint density at radius 1 is 1.15 bits per heavy atom. The Labute approximate surface area is 162 Å². The molecule has 5 rings (SSSR count). The van der Waals surface area contributed by atoms with Crippen molar-refractivity contribution in [3.8, 4) is 0 Å². The van der Waals surface area contributed by atoms with E-state index in [-0.39, 0.29) is 0 Å². The molecule has 2 saturated heterocycles. The molecule has 142 valence electrons. The highest BCUT2D eigenvalue weighted by Gasteiger charge is 2.30. The molecule has 2 aliphatic heterocycles. The normalized spacial score (nSPS) is 21.4. The van der Waals surface area contributed by atoms with Crippen LogP contribution in [-0.2, 0) is 4.74 Å². The van der Waals surface area contributed by atoms with Crippen LogP contribution in [0.3, 0.4) is 0 Å². The number of aryl methyl sites for hydroxylation is 1. The summed E-state index contributed by atoms with van der Waals surface area (Å²) in [6.07, 6.45) is 3.02. The van der Waals surface area contributed by atoms with Gasteiger partial charge in [0, 0.05) is 36.7 Å². The van der Waals surface area contributed by atoms with Crippen LogP contribution >= 0.6 is 11.6 Å². The molecule has 0 saturated carbocycles. The van der Waals surface area contributed by atoms with Crippen molar-refractivity contribution in [2.24, 2.45) is 0 Å². The van der Waals surface area contributed by atoms with Crippen molar-refractivity contribution in [1.82, 2.24) is 19.7 Å². The number of hydrogen-bond donors (Lipinski definition) is 0. The quantitative estimate of drug-likeness (QED) is 0.682. The van der Waals surface area contributed by atoms with Crippen molar-refractivity contribution in [1.29, 1.82) is 0 Å². The lowest BCUT2D eigenvalue weighted by Gasteiger charge is -2.30. The molecule has 27 heavy (non-hydrogen) atoms. The molecule has 0 radical (unpaired) electrons. The first-order valence-corrected chi connectivity index (χ1v) is 9.87. The third kappa shape index (κ3) is 3.19.